The highest BCUT2D eigenvalue weighted by atomic mass is 16.3. The topological polar surface area (TPSA) is 65.4 Å². The SMILES string of the molecule is Cc1ccc(O)c(CNCCC(O)C(C)C)n1. The molecule has 17 heavy (non-hydrogen) atoms. The molecule has 0 spiro atoms. The molecule has 0 bridgehead atoms. The Hall–Kier alpha value is -1.13. The van der Waals surface area contributed by atoms with Crippen molar-refractivity contribution in [1.29, 1.82) is 0 Å². The smallest absolute Gasteiger partial charge is 0.138 e. The first kappa shape index (κ1) is 13.9. The maximum Gasteiger partial charge on any atom is 0.138 e. The maximum atomic E-state index is 9.62. The summed E-state index contributed by atoms with van der Waals surface area (Å²) in [4.78, 5) is 4.25. The van der Waals surface area contributed by atoms with Crippen LogP contribution in [0.1, 0.15) is 31.7 Å². The minimum Gasteiger partial charge on any atom is -0.506 e. The number of nitrogens with zero attached hydrogens (tertiary/aromatic N) is 1. The van der Waals surface area contributed by atoms with Crippen LogP contribution in [0.2, 0.25) is 0 Å². The van der Waals surface area contributed by atoms with Crippen molar-refractivity contribution in [3.63, 3.8) is 0 Å². The molecule has 0 saturated carbocycles. The number of aliphatic hydroxyl groups is 1. The average Bonchev–Trinajstić information content (AvgIpc) is 2.28. The van der Waals surface area contributed by atoms with Crippen molar-refractivity contribution in [3.05, 3.63) is 23.5 Å². The molecule has 1 unspecified atom stereocenters. The fourth-order valence-electron chi connectivity index (χ4n) is 1.52. The van der Waals surface area contributed by atoms with Crippen LogP contribution in [0.5, 0.6) is 5.75 Å². The van der Waals surface area contributed by atoms with Gasteiger partial charge in [-0.15, -0.1) is 0 Å². The first-order valence-electron chi connectivity index (χ1n) is 6.05. The molecular weight excluding hydrogens is 216 g/mol. The zero-order chi connectivity index (χ0) is 12.8. The zero-order valence-electron chi connectivity index (χ0n) is 10.8. The largest absolute Gasteiger partial charge is 0.506 e. The van der Waals surface area contributed by atoms with Crippen LogP contribution in [0.15, 0.2) is 12.1 Å². The number of aliphatic hydroxyl groups excluding tert-OH is 1. The number of hydrogen-bond acceptors (Lipinski definition) is 4. The fraction of sp³-hybridized carbons (Fsp3) is 0.615. The van der Waals surface area contributed by atoms with Gasteiger partial charge in [-0.25, -0.2) is 0 Å². The highest BCUT2D eigenvalue weighted by Crippen LogP contribution is 2.14. The number of hydrogen-bond donors (Lipinski definition) is 3. The summed E-state index contributed by atoms with van der Waals surface area (Å²) >= 11 is 0. The van der Waals surface area contributed by atoms with Crippen LogP contribution in [0.3, 0.4) is 0 Å². The second kappa shape index (κ2) is 6.57. The van der Waals surface area contributed by atoms with Crippen molar-refractivity contribution < 1.29 is 10.2 Å². The summed E-state index contributed by atoms with van der Waals surface area (Å²) in [6.07, 6.45) is 0.436. The van der Waals surface area contributed by atoms with Gasteiger partial charge in [-0.05, 0) is 37.9 Å². The van der Waals surface area contributed by atoms with Gasteiger partial charge in [-0.1, -0.05) is 13.8 Å². The molecule has 0 aromatic carbocycles. The summed E-state index contributed by atoms with van der Waals surface area (Å²) in [6, 6.07) is 3.43. The molecule has 0 aliphatic rings. The van der Waals surface area contributed by atoms with Gasteiger partial charge in [0.15, 0.2) is 0 Å². The van der Waals surface area contributed by atoms with E-state index in [-0.39, 0.29) is 17.8 Å². The van der Waals surface area contributed by atoms with Gasteiger partial charge in [0.25, 0.3) is 0 Å². The summed E-state index contributed by atoms with van der Waals surface area (Å²) in [5, 5.41) is 22.4. The first-order valence-corrected chi connectivity index (χ1v) is 6.05. The quantitative estimate of drug-likeness (QED) is 0.659. The molecule has 3 N–H and O–H groups in total. The number of rotatable bonds is 6. The molecule has 4 heteroatoms. The summed E-state index contributed by atoms with van der Waals surface area (Å²) in [5.74, 6) is 0.495. The molecule has 0 amide bonds. The van der Waals surface area contributed by atoms with E-state index in [0.29, 0.717) is 25.2 Å². The van der Waals surface area contributed by atoms with E-state index in [1.807, 2.05) is 20.8 Å². The molecule has 1 heterocycles. The normalized spacial score (nSPS) is 13.0. The van der Waals surface area contributed by atoms with E-state index in [2.05, 4.69) is 10.3 Å². The van der Waals surface area contributed by atoms with E-state index < -0.39 is 0 Å². The Morgan fingerprint density at radius 2 is 2.06 bits per heavy atom. The van der Waals surface area contributed by atoms with Crippen molar-refractivity contribution in [2.45, 2.75) is 39.8 Å². The van der Waals surface area contributed by atoms with E-state index in [4.69, 9.17) is 0 Å². The highest BCUT2D eigenvalue weighted by Gasteiger charge is 2.08. The summed E-state index contributed by atoms with van der Waals surface area (Å²) in [6.45, 7) is 7.13. The summed E-state index contributed by atoms with van der Waals surface area (Å²) < 4.78 is 0. The Morgan fingerprint density at radius 3 is 2.71 bits per heavy atom. The van der Waals surface area contributed by atoms with E-state index >= 15 is 0 Å². The van der Waals surface area contributed by atoms with Crippen molar-refractivity contribution in [1.82, 2.24) is 10.3 Å². The maximum absolute atomic E-state index is 9.62. The number of aromatic hydroxyl groups is 1. The molecule has 0 radical (unpaired) electrons. The Morgan fingerprint density at radius 1 is 1.35 bits per heavy atom. The lowest BCUT2D eigenvalue weighted by Crippen LogP contribution is -2.23. The number of aromatic nitrogens is 1. The average molecular weight is 238 g/mol. The first-order chi connectivity index (χ1) is 8.00. The van der Waals surface area contributed by atoms with Crippen LogP contribution >= 0.6 is 0 Å². The minimum atomic E-state index is -0.276. The molecule has 1 rings (SSSR count). The van der Waals surface area contributed by atoms with Crippen LogP contribution in [-0.4, -0.2) is 27.8 Å². The van der Waals surface area contributed by atoms with Crippen LogP contribution in [0.25, 0.3) is 0 Å². The third-order valence-electron chi connectivity index (χ3n) is 2.77. The van der Waals surface area contributed by atoms with Gasteiger partial charge in [0.2, 0.25) is 0 Å². The third kappa shape index (κ3) is 4.71. The van der Waals surface area contributed by atoms with Crippen molar-refractivity contribution in [2.24, 2.45) is 5.92 Å². The van der Waals surface area contributed by atoms with Gasteiger partial charge in [0.1, 0.15) is 5.75 Å². The van der Waals surface area contributed by atoms with E-state index in [0.717, 1.165) is 5.69 Å². The highest BCUT2D eigenvalue weighted by molar-refractivity contribution is 5.27. The van der Waals surface area contributed by atoms with E-state index in [9.17, 15) is 10.2 Å². The minimum absolute atomic E-state index is 0.215. The van der Waals surface area contributed by atoms with Gasteiger partial charge in [0.05, 0.1) is 11.8 Å². The monoisotopic (exact) mass is 238 g/mol. The van der Waals surface area contributed by atoms with Gasteiger partial charge in [-0.2, -0.15) is 0 Å². The molecule has 96 valence electrons. The number of nitrogens with one attached hydrogen (secondary N) is 1. The van der Waals surface area contributed by atoms with E-state index in [1.165, 1.54) is 0 Å². The molecule has 1 aromatic heterocycles. The van der Waals surface area contributed by atoms with Crippen molar-refractivity contribution >= 4 is 0 Å². The Labute approximate surface area is 103 Å². The third-order valence-corrected chi connectivity index (χ3v) is 2.77. The van der Waals surface area contributed by atoms with Gasteiger partial charge in [-0.3, -0.25) is 4.98 Å². The molecular formula is C13H22N2O2. The molecule has 1 atom stereocenters. The molecule has 1 aromatic rings. The molecule has 4 nitrogen and oxygen atoms in total. The Kier molecular flexibility index (Phi) is 5.38. The van der Waals surface area contributed by atoms with Crippen molar-refractivity contribution in [2.75, 3.05) is 6.54 Å². The lowest BCUT2D eigenvalue weighted by atomic mass is 10.0. The summed E-state index contributed by atoms with van der Waals surface area (Å²) in [5.41, 5.74) is 1.55. The second-order valence-corrected chi connectivity index (χ2v) is 4.70. The van der Waals surface area contributed by atoms with Gasteiger partial charge < -0.3 is 15.5 Å². The molecule has 0 saturated heterocycles. The van der Waals surface area contributed by atoms with E-state index in [1.54, 1.807) is 12.1 Å². The van der Waals surface area contributed by atoms with Crippen LogP contribution in [-0.2, 0) is 6.54 Å². The predicted octanol–water partition coefficient (Wildman–Crippen LogP) is 1.59. The van der Waals surface area contributed by atoms with Gasteiger partial charge >= 0.3 is 0 Å². The predicted molar refractivity (Wildman–Crippen MR) is 67.8 cm³/mol. The molecule has 0 aliphatic carbocycles. The fourth-order valence-corrected chi connectivity index (χ4v) is 1.52. The van der Waals surface area contributed by atoms with Crippen LogP contribution in [0.4, 0.5) is 0 Å². The van der Waals surface area contributed by atoms with Crippen molar-refractivity contribution in [3.8, 4) is 5.75 Å². The van der Waals surface area contributed by atoms with Crippen LogP contribution in [0, 0.1) is 12.8 Å². The second-order valence-electron chi connectivity index (χ2n) is 4.70. The summed E-state index contributed by atoms with van der Waals surface area (Å²) in [7, 11) is 0. The number of aryl methyl sites for hydroxylation is 1. The number of pyridine rings is 1. The molecule has 0 aliphatic heterocycles. The van der Waals surface area contributed by atoms with Gasteiger partial charge in [0, 0.05) is 12.2 Å². The lowest BCUT2D eigenvalue weighted by Gasteiger charge is -2.14. The zero-order valence-corrected chi connectivity index (χ0v) is 10.8. The Balaban J connectivity index is 2.33. The molecule has 0 fully saturated rings. The lowest BCUT2D eigenvalue weighted by molar-refractivity contribution is 0.116. The Bertz CT molecular complexity index is 353. The standard InChI is InChI=1S/C13H22N2O2/c1-9(2)12(16)6-7-14-8-11-13(17)5-4-10(3)15-11/h4-5,9,12,14,16-17H,6-8H2,1-3H3. The van der Waals surface area contributed by atoms with Crippen LogP contribution < -0.4 is 5.32 Å².